The van der Waals surface area contributed by atoms with Crippen molar-refractivity contribution in [1.82, 2.24) is 15.2 Å². The van der Waals surface area contributed by atoms with Crippen molar-refractivity contribution in [3.8, 4) is 0 Å². The lowest BCUT2D eigenvalue weighted by Gasteiger charge is -1.99. The molecule has 0 saturated heterocycles. The molecule has 0 spiro atoms. The smallest absolute Gasteiger partial charge is 0.274 e. The van der Waals surface area contributed by atoms with Crippen molar-refractivity contribution in [3.05, 3.63) is 39.3 Å². The Hall–Kier alpha value is -2.02. The highest BCUT2D eigenvalue weighted by molar-refractivity contribution is 7.15. The van der Waals surface area contributed by atoms with Crippen LogP contribution in [0.1, 0.15) is 22.4 Å². The molecule has 2 N–H and O–H groups in total. The van der Waals surface area contributed by atoms with Gasteiger partial charge in [-0.05, 0) is 12.5 Å². The lowest BCUT2D eigenvalue weighted by atomic mass is 10.3. The van der Waals surface area contributed by atoms with Gasteiger partial charge >= 0.3 is 0 Å². The molecule has 88 valence electrons. The number of anilines is 1. The van der Waals surface area contributed by atoms with E-state index in [1.807, 2.05) is 6.92 Å². The number of carbonyl (C=O) groups excluding carboxylic acids is 1. The normalized spacial score (nSPS) is 10.2. The molecule has 0 aliphatic heterocycles. The van der Waals surface area contributed by atoms with Gasteiger partial charge in [0.05, 0.1) is 0 Å². The van der Waals surface area contributed by atoms with Crippen molar-refractivity contribution in [2.24, 2.45) is 0 Å². The van der Waals surface area contributed by atoms with Crippen molar-refractivity contribution in [1.29, 1.82) is 0 Å². The van der Waals surface area contributed by atoms with Gasteiger partial charge in [-0.15, -0.1) is 10.2 Å². The lowest BCUT2D eigenvalue weighted by molar-refractivity contribution is 0.102. The maximum absolute atomic E-state index is 11.7. The highest BCUT2D eigenvalue weighted by Crippen LogP contribution is 2.15. The molecule has 1 amide bonds. The average Bonchev–Trinajstić information content (AvgIpc) is 2.77. The van der Waals surface area contributed by atoms with Crippen LogP contribution in [0.3, 0.4) is 0 Å². The van der Waals surface area contributed by atoms with E-state index in [1.54, 1.807) is 0 Å². The van der Waals surface area contributed by atoms with Crippen LogP contribution >= 0.6 is 11.3 Å². The molecule has 0 bridgehead atoms. The third kappa shape index (κ3) is 2.76. The first-order chi connectivity index (χ1) is 8.19. The molecular formula is C10H10N4O2S. The Morgan fingerprint density at radius 1 is 1.47 bits per heavy atom. The number of carbonyl (C=O) groups is 1. The first-order valence-corrected chi connectivity index (χ1v) is 5.83. The van der Waals surface area contributed by atoms with Gasteiger partial charge in [0.15, 0.2) is 0 Å². The Morgan fingerprint density at radius 3 is 2.94 bits per heavy atom. The molecule has 2 aromatic heterocycles. The van der Waals surface area contributed by atoms with Crippen LogP contribution in [-0.4, -0.2) is 21.1 Å². The fraction of sp³-hybridized carbons (Fsp3) is 0.200. The summed E-state index contributed by atoms with van der Waals surface area (Å²) in [5.74, 6) is -0.401. The molecular weight excluding hydrogens is 240 g/mol. The van der Waals surface area contributed by atoms with E-state index in [1.165, 1.54) is 29.5 Å². The van der Waals surface area contributed by atoms with Crippen LogP contribution in [0.25, 0.3) is 0 Å². The van der Waals surface area contributed by atoms with Gasteiger partial charge < -0.3 is 4.98 Å². The van der Waals surface area contributed by atoms with Crippen LogP contribution in [0.5, 0.6) is 0 Å². The molecule has 0 fully saturated rings. The SMILES string of the molecule is CCc1nnc(NC(=O)c2cccc(=O)[nH]2)s1. The Morgan fingerprint density at radius 2 is 2.29 bits per heavy atom. The van der Waals surface area contributed by atoms with Crippen molar-refractivity contribution in [2.45, 2.75) is 13.3 Å². The van der Waals surface area contributed by atoms with E-state index in [-0.39, 0.29) is 11.3 Å². The minimum absolute atomic E-state index is 0.200. The van der Waals surface area contributed by atoms with Crippen molar-refractivity contribution in [2.75, 3.05) is 5.32 Å². The van der Waals surface area contributed by atoms with Gasteiger partial charge in [-0.1, -0.05) is 24.3 Å². The largest absolute Gasteiger partial charge is 0.318 e. The minimum Gasteiger partial charge on any atom is -0.318 e. The summed E-state index contributed by atoms with van der Waals surface area (Å²) in [4.78, 5) is 25.2. The molecule has 2 heterocycles. The molecule has 17 heavy (non-hydrogen) atoms. The van der Waals surface area contributed by atoms with Crippen molar-refractivity contribution < 1.29 is 4.79 Å². The van der Waals surface area contributed by atoms with E-state index < -0.39 is 5.91 Å². The minimum atomic E-state index is -0.401. The summed E-state index contributed by atoms with van der Waals surface area (Å²) in [6.07, 6.45) is 0.774. The van der Waals surface area contributed by atoms with Crippen LogP contribution in [0.4, 0.5) is 5.13 Å². The number of rotatable bonds is 3. The monoisotopic (exact) mass is 250 g/mol. The molecule has 0 radical (unpaired) electrons. The average molecular weight is 250 g/mol. The standard InChI is InChI=1S/C10H10N4O2S/c1-2-8-13-14-10(17-8)12-9(16)6-4-3-5-7(15)11-6/h3-5H,2H2,1H3,(H,11,15)(H,12,14,16). The van der Waals surface area contributed by atoms with E-state index in [0.717, 1.165) is 11.4 Å². The molecule has 2 rings (SSSR count). The first kappa shape index (κ1) is 11.5. The predicted molar refractivity (Wildman–Crippen MR) is 64.3 cm³/mol. The summed E-state index contributed by atoms with van der Waals surface area (Å²) in [5.41, 5.74) is -0.116. The number of hydrogen-bond donors (Lipinski definition) is 2. The molecule has 2 aromatic rings. The van der Waals surface area contributed by atoms with Gasteiger partial charge in [0.25, 0.3) is 5.91 Å². The number of aryl methyl sites for hydroxylation is 1. The lowest BCUT2D eigenvalue weighted by Crippen LogP contribution is -2.17. The second-order valence-electron chi connectivity index (χ2n) is 3.24. The van der Waals surface area contributed by atoms with Gasteiger partial charge in [-0.2, -0.15) is 0 Å². The molecule has 0 unspecified atom stereocenters. The van der Waals surface area contributed by atoms with Gasteiger partial charge in [0, 0.05) is 6.07 Å². The maximum atomic E-state index is 11.7. The van der Waals surface area contributed by atoms with E-state index in [4.69, 9.17) is 0 Å². The Bertz CT molecular complexity index is 590. The van der Waals surface area contributed by atoms with Crippen LogP contribution < -0.4 is 10.9 Å². The molecule has 7 heteroatoms. The quantitative estimate of drug-likeness (QED) is 0.852. The summed E-state index contributed by atoms with van der Waals surface area (Å²) < 4.78 is 0. The number of aromatic amines is 1. The maximum Gasteiger partial charge on any atom is 0.274 e. The number of nitrogens with one attached hydrogen (secondary N) is 2. The summed E-state index contributed by atoms with van der Waals surface area (Å²) in [6.45, 7) is 1.96. The number of amides is 1. The molecule has 0 aliphatic rings. The zero-order valence-electron chi connectivity index (χ0n) is 9.06. The molecule has 0 saturated carbocycles. The zero-order valence-corrected chi connectivity index (χ0v) is 9.87. The number of hydrogen-bond acceptors (Lipinski definition) is 5. The summed E-state index contributed by atoms with van der Waals surface area (Å²) in [6, 6.07) is 4.39. The number of aromatic nitrogens is 3. The Balaban J connectivity index is 2.14. The summed E-state index contributed by atoms with van der Waals surface area (Å²) >= 11 is 1.31. The van der Waals surface area contributed by atoms with Crippen LogP contribution in [0, 0.1) is 0 Å². The van der Waals surface area contributed by atoms with E-state index in [9.17, 15) is 9.59 Å². The van der Waals surface area contributed by atoms with Crippen molar-refractivity contribution in [3.63, 3.8) is 0 Å². The van der Waals surface area contributed by atoms with Gasteiger partial charge in [-0.25, -0.2) is 0 Å². The molecule has 6 nitrogen and oxygen atoms in total. The van der Waals surface area contributed by atoms with Crippen LogP contribution in [-0.2, 0) is 6.42 Å². The summed E-state index contributed by atoms with van der Waals surface area (Å²) in [7, 11) is 0. The molecule has 0 aliphatic carbocycles. The van der Waals surface area contributed by atoms with Gasteiger partial charge in [-0.3, -0.25) is 14.9 Å². The van der Waals surface area contributed by atoms with E-state index in [2.05, 4.69) is 20.5 Å². The third-order valence-electron chi connectivity index (χ3n) is 2.00. The molecule has 0 aromatic carbocycles. The van der Waals surface area contributed by atoms with E-state index >= 15 is 0 Å². The van der Waals surface area contributed by atoms with Gasteiger partial charge in [0.2, 0.25) is 10.7 Å². The van der Waals surface area contributed by atoms with Crippen LogP contribution in [0.15, 0.2) is 23.0 Å². The first-order valence-electron chi connectivity index (χ1n) is 5.02. The second-order valence-corrected chi connectivity index (χ2v) is 4.30. The number of pyridine rings is 1. The number of H-pyrrole nitrogens is 1. The highest BCUT2D eigenvalue weighted by Gasteiger charge is 2.09. The number of nitrogens with zero attached hydrogens (tertiary/aromatic N) is 2. The highest BCUT2D eigenvalue weighted by atomic mass is 32.1. The predicted octanol–water partition coefficient (Wildman–Crippen LogP) is 1.04. The fourth-order valence-corrected chi connectivity index (χ4v) is 1.87. The van der Waals surface area contributed by atoms with Gasteiger partial charge in [0.1, 0.15) is 10.7 Å². The topological polar surface area (TPSA) is 87.7 Å². The Labute approximate surface area is 101 Å². The third-order valence-corrected chi connectivity index (χ3v) is 2.99. The molecule has 0 atom stereocenters. The zero-order chi connectivity index (χ0) is 12.3. The van der Waals surface area contributed by atoms with E-state index in [0.29, 0.717) is 5.13 Å². The summed E-state index contributed by atoms with van der Waals surface area (Å²) in [5, 5.41) is 11.6. The Kier molecular flexibility index (Phi) is 3.29. The van der Waals surface area contributed by atoms with Crippen molar-refractivity contribution >= 4 is 22.4 Å². The fourth-order valence-electron chi connectivity index (χ4n) is 1.19. The second kappa shape index (κ2) is 4.88. The van der Waals surface area contributed by atoms with Crippen LogP contribution in [0.2, 0.25) is 0 Å².